The Hall–Kier alpha value is -3.00. The molecule has 0 radical (unpaired) electrons. The number of hydrogen-bond donors (Lipinski definition) is 0. The van der Waals surface area contributed by atoms with E-state index < -0.39 is 11.7 Å². The maximum absolute atomic E-state index is 13.0. The summed E-state index contributed by atoms with van der Waals surface area (Å²) in [5, 5.41) is 0.649. The number of carbonyl (C=O) groups is 2. The molecule has 1 atom stereocenters. The quantitative estimate of drug-likeness (QED) is 0.269. The fraction of sp³-hybridized carbons (Fsp3) is 0.370. The molecule has 4 rings (SSSR count). The van der Waals surface area contributed by atoms with Gasteiger partial charge in [0.25, 0.3) is 0 Å². The number of carbonyl (C=O) groups excluding carboxylic acids is 2. The highest BCUT2D eigenvalue weighted by Crippen LogP contribution is 2.35. The molecular weight excluding hydrogens is 475 g/mol. The summed E-state index contributed by atoms with van der Waals surface area (Å²) in [5.74, 6) is -0.303. The lowest BCUT2D eigenvalue weighted by atomic mass is 10.00. The van der Waals surface area contributed by atoms with Crippen molar-refractivity contribution in [2.75, 3.05) is 7.11 Å². The second kappa shape index (κ2) is 9.93. The highest BCUT2D eigenvalue weighted by molar-refractivity contribution is 7.15. The molecule has 0 fully saturated rings. The summed E-state index contributed by atoms with van der Waals surface area (Å²) in [4.78, 5) is 30.5. The number of methoxy groups -OCH3 is 1. The Kier molecular flexibility index (Phi) is 7.12. The van der Waals surface area contributed by atoms with Gasteiger partial charge in [-0.3, -0.25) is 9.59 Å². The Bertz CT molecular complexity index is 1250. The Morgan fingerprint density at radius 2 is 1.77 bits per heavy atom. The summed E-state index contributed by atoms with van der Waals surface area (Å²) in [5.41, 5.74) is 3.50. The maximum atomic E-state index is 13.0. The summed E-state index contributed by atoms with van der Waals surface area (Å²) in [7, 11) is 1.38. The van der Waals surface area contributed by atoms with Crippen LogP contribution in [0, 0.1) is 5.92 Å². The first-order valence-electron chi connectivity index (χ1n) is 11.5. The van der Waals surface area contributed by atoms with Crippen molar-refractivity contribution in [2.45, 2.75) is 51.6 Å². The molecule has 0 bridgehead atoms. The van der Waals surface area contributed by atoms with Crippen LogP contribution in [0.25, 0.3) is 10.6 Å². The third kappa shape index (κ3) is 5.48. The minimum atomic E-state index is -4.38. The fourth-order valence-corrected chi connectivity index (χ4v) is 5.64. The fourth-order valence-electron chi connectivity index (χ4n) is 4.42. The van der Waals surface area contributed by atoms with Crippen LogP contribution in [0.2, 0.25) is 0 Å². The summed E-state index contributed by atoms with van der Waals surface area (Å²) >= 11 is 1.42. The lowest BCUT2D eigenvalue weighted by molar-refractivity contribution is -0.145. The van der Waals surface area contributed by atoms with E-state index in [1.165, 1.54) is 30.6 Å². The Labute approximate surface area is 206 Å². The Morgan fingerprint density at radius 3 is 2.40 bits per heavy atom. The zero-order valence-electron chi connectivity index (χ0n) is 19.7. The van der Waals surface area contributed by atoms with E-state index in [0.717, 1.165) is 33.8 Å². The summed E-state index contributed by atoms with van der Waals surface area (Å²) < 4.78 is 43.5. The first kappa shape index (κ1) is 25.1. The molecule has 4 nitrogen and oxygen atoms in total. The van der Waals surface area contributed by atoms with Crippen molar-refractivity contribution >= 4 is 23.1 Å². The highest BCUT2D eigenvalue weighted by Gasteiger charge is 2.30. The van der Waals surface area contributed by atoms with Crippen LogP contribution in [0.15, 0.2) is 42.5 Å². The third-order valence-corrected chi connectivity index (χ3v) is 7.49. The number of fused-ring (bicyclic) bond motifs is 1. The summed E-state index contributed by atoms with van der Waals surface area (Å²) in [6.07, 6.45) is -2.37. The molecule has 1 aliphatic carbocycles. The second-order valence-electron chi connectivity index (χ2n) is 9.09. The van der Waals surface area contributed by atoms with Gasteiger partial charge in [0.15, 0.2) is 5.78 Å². The highest BCUT2D eigenvalue weighted by atomic mass is 32.1. The number of esters is 1. The number of nitrogens with zero attached hydrogens (tertiary/aromatic N) is 1. The minimum Gasteiger partial charge on any atom is -0.469 e. The molecule has 3 aromatic rings. The van der Waals surface area contributed by atoms with E-state index >= 15 is 0 Å². The van der Waals surface area contributed by atoms with Crippen LogP contribution in [-0.4, -0.2) is 23.8 Å². The minimum absolute atomic E-state index is 0.00787. The van der Waals surface area contributed by atoms with Gasteiger partial charge in [-0.05, 0) is 54.5 Å². The smallest absolute Gasteiger partial charge is 0.416 e. The SMILES string of the molecule is COC(=O)C1Cc2ccc(C(=O)CCc3sc(-c4ccc(C(F)(F)F)cc4)nc3C(C)C)cc2C1. The van der Waals surface area contributed by atoms with Crippen LogP contribution >= 0.6 is 11.3 Å². The van der Waals surface area contributed by atoms with Crippen molar-refractivity contribution in [2.24, 2.45) is 5.92 Å². The standard InChI is InChI=1S/C27H26F3NO3S/c1-15(2)24-23(35-25(31-24)16-6-8-21(9-7-16)27(28,29)30)11-10-22(32)18-5-4-17-12-20(26(33)34-3)14-19(17)13-18/h4-9,13,15,20H,10-12,14H2,1-3H3. The van der Waals surface area contributed by atoms with Crippen molar-refractivity contribution < 1.29 is 27.5 Å². The molecule has 0 aliphatic heterocycles. The molecule has 184 valence electrons. The molecule has 1 heterocycles. The van der Waals surface area contributed by atoms with Crippen molar-refractivity contribution in [3.8, 4) is 10.6 Å². The van der Waals surface area contributed by atoms with Crippen LogP contribution < -0.4 is 0 Å². The number of Topliss-reactive ketones (excluding diaryl/α,β-unsaturated/α-hetero) is 1. The Morgan fingerprint density at radius 1 is 1.09 bits per heavy atom. The normalized spacial score (nSPS) is 15.3. The lowest BCUT2D eigenvalue weighted by Gasteiger charge is -2.06. The number of benzene rings is 2. The van der Waals surface area contributed by atoms with E-state index in [1.54, 1.807) is 0 Å². The van der Waals surface area contributed by atoms with Crippen molar-refractivity contribution in [1.82, 2.24) is 4.98 Å². The van der Waals surface area contributed by atoms with E-state index in [4.69, 9.17) is 4.74 Å². The summed E-state index contributed by atoms with van der Waals surface area (Å²) in [6.45, 7) is 4.02. The van der Waals surface area contributed by atoms with Gasteiger partial charge in [-0.1, -0.05) is 38.1 Å². The van der Waals surface area contributed by atoms with Crippen molar-refractivity contribution in [1.29, 1.82) is 0 Å². The first-order valence-corrected chi connectivity index (χ1v) is 12.3. The molecule has 0 N–H and O–H groups in total. The number of halogens is 3. The zero-order chi connectivity index (χ0) is 25.3. The van der Waals surface area contributed by atoms with Gasteiger partial charge < -0.3 is 4.74 Å². The Balaban J connectivity index is 1.48. The number of hydrogen-bond acceptors (Lipinski definition) is 5. The first-order chi connectivity index (χ1) is 16.6. The van der Waals surface area contributed by atoms with Gasteiger partial charge in [-0.2, -0.15) is 13.2 Å². The van der Waals surface area contributed by atoms with E-state index in [2.05, 4.69) is 4.98 Å². The summed E-state index contributed by atoms with van der Waals surface area (Å²) in [6, 6.07) is 10.6. The van der Waals surface area contributed by atoms with Gasteiger partial charge >= 0.3 is 12.1 Å². The number of ether oxygens (including phenoxy) is 1. The van der Waals surface area contributed by atoms with E-state index in [9.17, 15) is 22.8 Å². The average molecular weight is 502 g/mol. The monoisotopic (exact) mass is 501 g/mol. The lowest BCUT2D eigenvalue weighted by Crippen LogP contribution is -2.15. The largest absolute Gasteiger partial charge is 0.469 e. The average Bonchev–Trinajstić information content (AvgIpc) is 3.45. The number of rotatable bonds is 7. The molecular formula is C27H26F3NO3S. The second-order valence-corrected chi connectivity index (χ2v) is 10.2. The predicted octanol–water partition coefficient (Wildman–Crippen LogP) is 6.66. The molecule has 0 saturated heterocycles. The molecule has 1 aromatic heterocycles. The van der Waals surface area contributed by atoms with Gasteiger partial charge in [0.05, 0.1) is 24.3 Å². The van der Waals surface area contributed by atoms with Gasteiger partial charge in [0.2, 0.25) is 0 Å². The molecule has 35 heavy (non-hydrogen) atoms. The predicted molar refractivity (Wildman–Crippen MR) is 129 cm³/mol. The zero-order valence-corrected chi connectivity index (χ0v) is 20.6. The third-order valence-electron chi connectivity index (χ3n) is 6.31. The molecule has 0 spiro atoms. The van der Waals surface area contributed by atoms with Crippen molar-refractivity contribution in [3.05, 3.63) is 75.3 Å². The number of aromatic nitrogens is 1. The van der Waals surface area contributed by atoms with Crippen LogP contribution in [0.1, 0.15) is 63.8 Å². The number of thiazole rings is 1. The van der Waals surface area contributed by atoms with Crippen LogP contribution in [-0.2, 0) is 35.0 Å². The van der Waals surface area contributed by atoms with E-state index in [1.807, 2.05) is 32.0 Å². The molecule has 8 heteroatoms. The van der Waals surface area contributed by atoms with Gasteiger partial charge in [-0.25, -0.2) is 4.98 Å². The van der Waals surface area contributed by atoms with E-state index in [0.29, 0.717) is 41.8 Å². The maximum Gasteiger partial charge on any atom is 0.416 e. The topological polar surface area (TPSA) is 56.3 Å². The van der Waals surface area contributed by atoms with Crippen LogP contribution in [0.5, 0.6) is 0 Å². The van der Waals surface area contributed by atoms with Gasteiger partial charge in [0, 0.05) is 22.4 Å². The number of ketones is 1. The van der Waals surface area contributed by atoms with E-state index in [-0.39, 0.29) is 23.6 Å². The molecule has 1 unspecified atom stereocenters. The molecule has 0 amide bonds. The molecule has 0 saturated carbocycles. The van der Waals surface area contributed by atoms with Crippen LogP contribution in [0.3, 0.4) is 0 Å². The molecule has 1 aliphatic rings. The van der Waals surface area contributed by atoms with Gasteiger partial charge in [-0.15, -0.1) is 11.3 Å². The molecule has 2 aromatic carbocycles. The van der Waals surface area contributed by atoms with Gasteiger partial charge in [0.1, 0.15) is 5.01 Å². The van der Waals surface area contributed by atoms with Crippen LogP contribution in [0.4, 0.5) is 13.2 Å². The number of alkyl halides is 3. The number of aryl methyl sites for hydroxylation is 1. The van der Waals surface area contributed by atoms with Crippen molar-refractivity contribution in [3.63, 3.8) is 0 Å².